The minimum absolute atomic E-state index is 0.598. The van der Waals surface area contributed by atoms with Gasteiger partial charge in [-0.1, -0.05) is 58.5 Å². The maximum Gasteiger partial charge on any atom is 0.0595 e. The van der Waals surface area contributed by atoms with Gasteiger partial charge in [-0.05, 0) is 62.3 Å². The largest absolute Gasteiger partial charge is 0.293 e. The minimum Gasteiger partial charge on any atom is -0.293 e. The van der Waals surface area contributed by atoms with Gasteiger partial charge in [-0.25, -0.2) is 0 Å². The van der Waals surface area contributed by atoms with Crippen LogP contribution in [-0.4, -0.2) is 43.7 Å². The summed E-state index contributed by atoms with van der Waals surface area (Å²) in [5.74, 6) is 0. The Morgan fingerprint density at radius 1 is 0.640 bits per heavy atom. The zero-order valence-corrected chi connectivity index (χ0v) is 17.4. The summed E-state index contributed by atoms with van der Waals surface area (Å²) >= 11 is 24.0. The van der Waals surface area contributed by atoms with Gasteiger partial charge in [-0.2, -0.15) is 0 Å². The van der Waals surface area contributed by atoms with Crippen molar-refractivity contribution in [3.8, 4) is 0 Å². The third kappa shape index (κ3) is 6.97. The maximum atomic E-state index is 6.06. The van der Waals surface area contributed by atoms with Crippen LogP contribution >= 0.6 is 46.4 Å². The monoisotopic (exact) mass is 418 g/mol. The molecule has 0 spiro atoms. The quantitative estimate of drug-likeness (QED) is 0.491. The fraction of sp³-hybridized carbons (Fsp3) is 0.368. The zero-order valence-electron chi connectivity index (χ0n) is 14.4. The number of nitrogens with zero attached hydrogens (tertiary/aromatic N) is 2. The molecule has 0 aliphatic heterocycles. The normalized spacial score (nSPS) is 11.5. The van der Waals surface area contributed by atoms with E-state index in [1.807, 2.05) is 36.4 Å². The second-order valence-corrected chi connectivity index (χ2v) is 7.93. The third-order valence-electron chi connectivity index (χ3n) is 4.02. The fourth-order valence-electron chi connectivity index (χ4n) is 2.58. The van der Waals surface area contributed by atoms with Crippen molar-refractivity contribution in [1.82, 2.24) is 9.80 Å². The van der Waals surface area contributed by atoms with Gasteiger partial charge in [0, 0.05) is 13.1 Å². The van der Waals surface area contributed by atoms with Crippen LogP contribution < -0.4 is 0 Å². The second kappa shape index (κ2) is 10.0. The number of benzene rings is 2. The zero-order chi connectivity index (χ0) is 18.4. The molecule has 0 N–H and O–H groups in total. The first-order valence-corrected chi connectivity index (χ1v) is 9.61. The highest BCUT2D eigenvalue weighted by Crippen LogP contribution is 2.23. The molecule has 0 fully saturated rings. The SMILES string of the molecule is CN(CCc1ccc(Cl)c(Cl)c1)CN(C)CCc1ccc(Cl)c(Cl)c1. The first-order valence-electron chi connectivity index (χ1n) is 8.10. The molecule has 0 aromatic heterocycles. The molecule has 2 rings (SSSR count). The van der Waals surface area contributed by atoms with Gasteiger partial charge in [0.25, 0.3) is 0 Å². The van der Waals surface area contributed by atoms with Crippen LogP contribution in [0.4, 0.5) is 0 Å². The van der Waals surface area contributed by atoms with Gasteiger partial charge in [0.15, 0.2) is 0 Å². The Bertz CT molecular complexity index is 646. The summed E-state index contributed by atoms with van der Waals surface area (Å²) in [4.78, 5) is 4.58. The first kappa shape index (κ1) is 20.8. The summed E-state index contributed by atoms with van der Waals surface area (Å²) in [5.41, 5.74) is 2.39. The lowest BCUT2D eigenvalue weighted by Gasteiger charge is -2.24. The van der Waals surface area contributed by atoms with Crippen LogP contribution in [0.1, 0.15) is 11.1 Å². The van der Waals surface area contributed by atoms with Gasteiger partial charge in [0.05, 0.1) is 26.8 Å². The highest BCUT2D eigenvalue weighted by molar-refractivity contribution is 6.42. The summed E-state index contributed by atoms with van der Waals surface area (Å²) in [6.45, 7) is 2.80. The molecule has 0 bridgehead atoms. The van der Waals surface area contributed by atoms with E-state index in [1.54, 1.807) is 0 Å². The average molecular weight is 420 g/mol. The lowest BCUT2D eigenvalue weighted by atomic mass is 10.1. The summed E-state index contributed by atoms with van der Waals surface area (Å²) in [5, 5.41) is 2.42. The molecule has 0 aliphatic carbocycles. The smallest absolute Gasteiger partial charge is 0.0595 e. The molecule has 0 aliphatic rings. The molecule has 6 heteroatoms. The molecule has 0 atom stereocenters. The Balaban J connectivity index is 1.74. The predicted molar refractivity (Wildman–Crippen MR) is 110 cm³/mol. The molecular formula is C19H22Cl4N2. The first-order chi connectivity index (χ1) is 11.8. The van der Waals surface area contributed by atoms with Crippen LogP contribution in [0.2, 0.25) is 20.1 Å². The number of hydrogen-bond acceptors (Lipinski definition) is 2. The van der Waals surface area contributed by atoms with E-state index in [2.05, 4.69) is 23.9 Å². The summed E-state index contributed by atoms with van der Waals surface area (Å²) in [7, 11) is 4.24. The van der Waals surface area contributed by atoms with Crippen LogP contribution in [0, 0.1) is 0 Å². The van der Waals surface area contributed by atoms with E-state index in [4.69, 9.17) is 46.4 Å². The van der Waals surface area contributed by atoms with Crippen molar-refractivity contribution in [2.45, 2.75) is 12.8 Å². The molecule has 2 aromatic rings. The highest BCUT2D eigenvalue weighted by atomic mass is 35.5. The molecule has 2 nitrogen and oxygen atoms in total. The molecule has 0 heterocycles. The van der Waals surface area contributed by atoms with Gasteiger partial charge in [0.2, 0.25) is 0 Å². The Morgan fingerprint density at radius 3 is 1.40 bits per heavy atom. The van der Waals surface area contributed by atoms with E-state index in [0.717, 1.165) is 32.6 Å². The number of likely N-dealkylation sites (N-methyl/N-ethyl adjacent to an activating group) is 2. The average Bonchev–Trinajstić information content (AvgIpc) is 2.57. The van der Waals surface area contributed by atoms with Crippen molar-refractivity contribution < 1.29 is 0 Å². The molecule has 0 radical (unpaired) electrons. The number of rotatable bonds is 8. The number of halogens is 4. The van der Waals surface area contributed by atoms with Gasteiger partial charge in [0.1, 0.15) is 0 Å². The Hall–Kier alpha value is -0.480. The van der Waals surface area contributed by atoms with Crippen LogP contribution in [0.25, 0.3) is 0 Å². The van der Waals surface area contributed by atoms with Crippen LogP contribution in [0.5, 0.6) is 0 Å². The van der Waals surface area contributed by atoms with E-state index in [-0.39, 0.29) is 0 Å². The van der Waals surface area contributed by atoms with Crippen LogP contribution in [0.15, 0.2) is 36.4 Å². The second-order valence-electron chi connectivity index (χ2n) is 6.30. The van der Waals surface area contributed by atoms with E-state index in [0.29, 0.717) is 20.1 Å². The van der Waals surface area contributed by atoms with Crippen molar-refractivity contribution in [1.29, 1.82) is 0 Å². The van der Waals surface area contributed by atoms with E-state index in [1.165, 1.54) is 11.1 Å². The molecule has 0 saturated carbocycles. The molecule has 0 amide bonds. The molecule has 136 valence electrons. The predicted octanol–water partition coefficient (Wildman–Crippen LogP) is 5.91. The van der Waals surface area contributed by atoms with Crippen molar-refractivity contribution in [2.24, 2.45) is 0 Å². The maximum absolute atomic E-state index is 6.06. The standard InChI is InChI=1S/C19H22Cl4N2/c1-24(9-7-14-3-5-16(20)18(22)11-14)13-25(2)10-8-15-4-6-17(21)19(23)12-15/h3-6,11-12H,7-10,13H2,1-2H3. The van der Waals surface area contributed by atoms with E-state index < -0.39 is 0 Å². The van der Waals surface area contributed by atoms with Crippen LogP contribution in [0.3, 0.4) is 0 Å². The highest BCUT2D eigenvalue weighted by Gasteiger charge is 2.07. The minimum atomic E-state index is 0.598. The van der Waals surface area contributed by atoms with Crippen molar-refractivity contribution in [2.75, 3.05) is 33.9 Å². The van der Waals surface area contributed by atoms with E-state index in [9.17, 15) is 0 Å². The number of hydrogen-bond donors (Lipinski definition) is 0. The molecule has 0 saturated heterocycles. The summed E-state index contributed by atoms with van der Waals surface area (Å²) in [6.07, 6.45) is 1.88. The Morgan fingerprint density at radius 2 is 1.04 bits per heavy atom. The summed E-state index contributed by atoms with van der Waals surface area (Å²) < 4.78 is 0. The molecule has 2 aromatic carbocycles. The Labute approximate surface area is 170 Å². The molecule has 25 heavy (non-hydrogen) atoms. The van der Waals surface area contributed by atoms with E-state index >= 15 is 0 Å². The van der Waals surface area contributed by atoms with Crippen molar-refractivity contribution in [3.05, 3.63) is 67.6 Å². The lowest BCUT2D eigenvalue weighted by Crippen LogP contribution is -2.35. The van der Waals surface area contributed by atoms with Gasteiger partial charge in [-0.15, -0.1) is 0 Å². The van der Waals surface area contributed by atoms with Gasteiger partial charge in [-0.3, -0.25) is 9.80 Å². The van der Waals surface area contributed by atoms with Gasteiger partial charge >= 0.3 is 0 Å². The fourth-order valence-corrected chi connectivity index (χ4v) is 3.23. The summed E-state index contributed by atoms with van der Waals surface area (Å²) in [6, 6.07) is 11.6. The van der Waals surface area contributed by atoms with Crippen molar-refractivity contribution >= 4 is 46.4 Å². The van der Waals surface area contributed by atoms with Gasteiger partial charge < -0.3 is 0 Å². The topological polar surface area (TPSA) is 6.48 Å². The van der Waals surface area contributed by atoms with Crippen LogP contribution in [-0.2, 0) is 12.8 Å². The van der Waals surface area contributed by atoms with Crippen molar-refractivity contribution in [3.63, 3.8) is 0 Å². The lowest BCUT2D eigenvalue weighted by molar-refractivity contribution is 0.186. The molecular weight excluding hydrogens is 398 g/mol. The molecule has 0 unspecified atom stereocenters. The Kier molecular flexibility index (Phi) is 8.34. The third-order valence-corrected chi connectivity index (χ3v) is 5.49.